The van der Waals surface area contributed by atoms with Gasteiger partial charge in [-0.3, -0.25) is 0 Å². The number of carbonyl (C=O) groups is 1. The van der Waals surface area contributed by atoms with Crippen LogP contribution in [0.15, 0.2) is 12.3 Å². The molecule has 6 nitrogen and oxygen atoms in total. The Morgan fingerprint density at radius 1 is 1.50 bits per heavy atom. The fourth-order valence-electron chi connectivity index (χ4n) is 2.82. The van der Waals surface area contributed by atoms with Crippen molar-refractivity contribution in [2.45, 2.75) is 32.0 Å². The van der Waals surface area contributed by atoms with Crippen LogP contribution in [0.5, 0.6) is 0 Å². The first kappa shape index (κ1) is 13.2. The fraction of sp³-hybridized carbons (Fsp3) is 0.571. The van der Waals surface area contributed by atoms with Crippen molar-refractivity contribution >= 4 is 17.5 Å². The monoisotopic (exact) mass is 277 g/mol. The molecule has 0 amide bonds. The van der Waals surface area contributed by atoms with Gasteiger partial charge in [0.15, 0.2) is 0 Å². The van der Waals surface area contributed by atoms with E-state index in [1.807, 2.05) is 0 Å². The molecule has 2 aliphatic rings. The molecule has 20 heavy (non-hydrogen) atoms. The first-order valence-corrected chi connectivity index (χ1v) is 7.00. The van der Waals surface area contributed by atoms with Gasteiger partial charge in [0.1, 0.15) is 5.82 Å². The maximum atomic E-state index is 11.9. The van der Waals surface area contributed by atoms with Gasteiger partial charge in [-0.2, -0.15) is 0 Å². The number of nitrogens with two attached hydrogens (primary N) is 1. The minimum atomic E-state index is -0.398. The Morgan fingerprint density at radius 3 is 2.85 bits per heavy atom. The second kappa shape index (κ2) is 5.28. The molecule has 2 unspecified atom stereocenters. The van der Waals surface area contributed by atoms with Crippen molar-refractivity contribution in [1.29, 1.82) is 0 Å². The molecule has 2 N–H and O–H groups in total. The van der Waals surface area contributed by atoms with Crippen LogP contribution in [0.3, 0.4) is 0 Å². The van der Waals surface area contributed by atoms with Crippen LogP contribution >= 0.6 is 0 Å². The number of esters is 1. The van der Waals surface area contributed by atoms with E-state index in [1.54, 1.807) is 13.0 Å². The summed E-state index contributed by atoms with van der Waals surface area (Å²) in [6, 6.07) is 1.72. The number of ether oxygens (including phenoxy) is 2. The number of anilines is 2. The number of hydrogen-bond donors (Lipinski definition) is 1. The second-order valence-electron chi connectivity index (χ2n) is 5.21. The number of morpholine rings is 1. The standard InChI is InChI=1S/C14H19N3O3/c1-2-19-14(18)11-5-13(16-6-12(11)15)17-7-9-3-4-10(8-17)20-9/h5-6,9-10H,2-4,7-8,15H2,1H3. The van der Waals surface area contributed by atoms with E-state index in [1.165, 1.54) is 6.20 Å². The molecular weight excluding hydrogens is 258 g/mol. The summed E-state index contributed by atoms with van der Waals surface area (Å²) in [6.07, 6.45) is 4.28. The van der Waals surface area contributed by atoms with E-state index in [9.17, 15) is 4.79 Å². The van der Waals surface area contributed by atoms with E-state index in [0.717, 1.165) is 31.7 Å². The highest BCUT2D eigenvalue weighted by molar-refractivity contribution is 5.95. The summed E-state index contributed by atoms with van der Waals surface area (Å²) in [4.78, 5) is 18.4. The number of rotatable bonds is 3. The number of aromatic nitrogens is 1. The third kappa shape index (κ3) is 2.43. The van der Waals surface area contributed by atoms with Crippen LogP contribution in [-0.4, -0.2) is 42.9 Å². The van der Waals surface area contributed by atoms with Crippen LogP contribution < -0.4 is 10.6 Å². The van der Waals surface area contributed by atoms with Crippen molar-refractivity contribution in [3.8, 4) is 0 Å². The highest BCUT2D eigenvalue weighted by Gasteiger charge is 2.34. The SMILES string of the molecule is CCOC(=O)c1cc(N2CC3CCC(C2)O3)ncc1N. The lowest BCUT2D eigenvalue weighted by Gasteiger charge is -2.33. The summed E-state index contributed by atoms with van der Waals surface area (Å²) in [6.45, 7) is 3.73. The molecule has 1 aromatic heterocycles. The molecule has 1 aromatic rings. The number of hydrogen-bond acceptors (Lipinski definition) is 6. The van der Waals surface area contributed by atoms with Gasteiger partial charge in [0, 0.05) is 13.1 Å². The van der Waals surface area contributed by atoms with Crippen molar-refractivity contribution in [3.05, 3.63) is 17.8 Å². The summed E-state index contributed by atoms with van der Waals surface area (Å²) >= 11 is 0. The number of pyridine rings is 1. The first-order valence-electron chi connectivity index (χ1n) is 7.00. The van der Waals surface area contributed by atoms with Gasteiger partial charge in [-0.1, -0.05) is 0 Å². The molecule has 2 atom stereocenters. The van der Waals surface area contributed by atoms with E-state index in [-0.39, 0.29) is 12.2 Å². The summed E-state index contributed by atoms with van der Waals surface area (Å²) in [5.74, 6) is 0.368. The van der Waals surface area contributed by atoms with E-state index >= 15 is 0 Å². The van der Waals surface area contributed by atoms with E-state index in [0.29, 0.717) is 17.9 Å². The third-order valence-corrected chi connectivity index (χ3v) is 3.78. The molecule has 2 saturated heterocycles. The van der Waals surface area contributed by atoms with Crippen molar-refractivity contribution < 1.29 is 14.3 Å². The fourth-order valence-corrected chi connectivity index (χ4v) is 2.82. The molecule has 3 rings (SSSR count). The number of carbonyl (C=O) groups excluding carboxylic acids is 1. The van der Waals surface area contributed by atoms with Gasteiger partial charge in [-0.15, -0.1) is 0 Å². The molecule has 0 aromatic carbocycles. The van der Waals surface area contributed by atoms with Crippen LogP contribution in [0.1, 0.15) is 30.1 Å². The topological polar surface area (TPSA) is 77.7 Å². The van der Waals surface area contributed by atoms with Gasteiger partial charge in [0.2, 0.25) is 0 Å². The number of nitrogens with zero attached hydrogens (tertiary/aromatic N) is 2. The zero-order valence-electron chi connectivity index (χ0n) is 11.5. The minimum Gasteiger partial charge on any atom is -0.462 e. The summed E-state index contributed by atoms with van der Waals surface area (Å²) in [5.41, 5.74) is 6.55. The Kier molecular flexibility index (Phi) is 3.48. The van der Waals surface area contributed by atoms with Gasteiger partial charge in [-0.25, -0.2) is 9.78 Å². The zero-order chi connectivity index (χ0) is 14.1. The predicted octanol–water partition coefficient (Wildman–Crippen LogP) is 1.21. The Hall–Kier alpha value is -1.82. The largest absolute Gasteiger partial charge is 0.462 e. The lowest BCUT2D eigenvalue weighted by molar-refractivity contribution is 0.0302. The van der Waals surface area contributed by atoms with Crippen LogP contribution in [0.25, 0.3) is 0 Å². The lowest BCUT2D eigenvalue weighted by Crippen LogP contribution is -2.43. The molecule has 3 heterocycles. The lowest BCUT2D eigenvalue weighted by atomic mass is 10.2. The van der Waals surface area contributed by atoms with Crippen LogP contribution in [-0.2, 0) is 9.47 Å². The highest BCUT2D eigenvalue weighted by Crippen LogP contribution is 2.29. The predicted molar refractivity (Wildman–Crippen MR) is 74.7 cm³/mol. The molecule has 2 fully saturated rings. The summed E-state index contributed by atoms with van der Waals surface area (Å²) in [5, 5.41) is 0. The Labute approximate surface area is 117 Å². The van der Waals surface area contributed by atoms with Crippen LogP contribution in [0.4, 0.5) is 11.5 Å². The maximum Gasteiger partial charge on any atom is 0.340 e. The minimum absolute atomic E-state index is 0.277. The van der Waals surface area contributed by atoms with Crippen molar-refractivity contribution in [1.82, 2.24) is 4.98 Å². The summed E-state index contributed by atoms with van der Waals surface area (Å²) < 4.78 is 10.8. The Morgan fingerprint density at radius 2 is 2.20 bits per heavy atom. The van der Waals surface area contributed by atoms with Gasteiger partial charge in [0.05, 0.1) is 36.3 Å². The van der Waals surface area contributed by atoms with Gasteiger partial charge >= 0.3 is 5.97 Å². The third-order valence-electron chi connectivity index (χ3n) is 3.78. The molecule has 0 radical (unpaired) electrons. The zero-order valence-corrected chi connectivity index (χ0v) is 11.5. The molecule has 0 spiro atoms. The quantitative estimate of drug-likeness (QED) is 0.837. The second-order valence-corrected chi connectivity index (χ2v) is 5.21. The van der Waals surface area contributed by atoms with Crippen molar-refractivity contribution in [2.75, 3.05) is 30.3 Å². The van der Waals surface area contributed by atoms with Crippen LogP contribution in [0, 0.1) is 0 Å². The highest BCUT2D eigenvalue weighted by atomic mass is 16.5. The average molecular weight is 277 g/mol. The molecule has 2 aliphatic heterocycles. The maximum absolute atomic E-state index is 11.9. The smallest absolute Gasteiger partial charge is 0.340 e. The molecule has 2 bridgehead atoms. The van der Waals surface area contributed by atoms with Crippen molar-refractivity contribution in [3.63, 3.8) is 0 Å². The van der Waals surface area contributed by atoms with E-state index in [2.05, 4.69) is 9.88 Å². The molecule has 0 aliphatic carbocycles. The van der Waals surface area contributed by atoms with E-state index < -0.39 is 5.97 Å². The van der Waals surface area contributed by atoms with Crippen molar-refractivity contribution in [2.24, 2.45) is 0 Å². The van der Waals surface area contributed by atoms with Crippen LogP contribution in [0.2, 0.25) is 0 Å². The average Bonchev–Trinajstić information content (AvgIpc) is 2.78. The molecule has 6 heteroatoms. The van der Waals surface area contributed by atoms with E-state index in [4.69, 9.17) is 15.2 Å². The Bertz CT molecular complexity index is 508. The van der Waals surface area contributed by atoms with Gasteiger partial charge < -0.3 is 20.1 Å². The Balaban J connectivity index is 1.83. The first-order chi connectivity index (χ1) is 9.67. The van der Waals surface area contributed by atoms with Gasteiger partial charge in [0.25, 0.3) is 0 Å². The number of fused-ring (bicyclic) bond motifs is 2. The molecule has 0 saturated carbocycles. The molecule has 108 valence electrons. The summed E-state index contributed by atoms with van der Waals surface area (Å²) in [7, 11) is 0. The van der Waals surface area contributed by atoms with Gasteiger partial charge in [-0.05, 0) is 25.8 Å². The molecular formula is C14H19N3O3. The normalized spacial score (nSPS) is 24.8. The number of nitrogen functional groups attached to an aromatic ring is 1.